The zero-order valence-corrected chi connectivity index (χ0v) is 16.6. The second-order valence-electron chi connectivity index (χ2n) is 7.26. The molecule has 1 aliphatic rings. The largest absolute Gasteiger partial charge is 0.331 e. The number of rotatable bonds is 4. The summed E-state index contributed by atoms with van der Waals surface area (Å²) in [5, 5.41) is 4.89. The van der Waals surface area contributed by atoms with Crippen LogP contribution >= 0.6 is 11.6 Å². The SMILES string of the molecule is Cn1cc(C(=O)N2CCCCC2c2ccc(Cc3ccccc3Cl)nc2)cn1. The first kappa shape index (κ1) is 18.7. The molecule has 1 saturated heterocycles. The minimum absolute atomic E-state index is 0.0398. The molecule has 1 amide bonds. The van der Waals surface area contributed by atoms with Gasteiger partial charge in [-0.1, -0.05) is 35.9 Å². The Balaban J connectivity index is 1.53. The van der Waals surface area contributed by atoms with Gasteiger partial charge in [0, 0.05) is 43.1 Å². The van der Waals surface area contributed by atoms with Crippen LogP contribution in [0.1, 0.15) is 52.5 Å². The second-order valence-corrected chi connectivity index (χ2v) is 7.67. The van der Waals surface area contributed by atoms with Crippen molar-refractivity contribution in [1.29, 1.82) is 0 Å². The summed E-state index contributed by atoms with van der Waals surface area (Å²) in [7, 11) is 1.83. The van der Waals surface area contributed by atoms with Crippen LogP contribution in [0, 0.1) is 0 Å². The molecule has 6 heteroatoms. The summed E-state index contributed by atoms with van der Waals surface area (Å²) >= 11 is 6.26. The summed E-state index contributed by atoms with van der Waals surface area (Å²) in [6.45, 7) is 0.764. The van der Waals surface area contributed by atoms with Gasteiger partial charge in [0.05, 0.1) is 17.8 Å². The van der Waals surface area contributed by atoms with E-state index in [9.17, 15) is 4.79 Å². The molecule has 4 rings (SSSR count). The molecule has 3 aromatic rings. The predicted molar refractivity (Wildman–Crippen MR) is 109 cm³/mol. The van der Waals surface area contributed by atoms with Crippen LogP contribution in [-0.2, 0) is 13.5 Å². The molecule has 2 aromatic heterocycles. The molecule has 1 unspecified atom stereocenters. The van der Waals surface area contributed by atoms with Crippen LogP contribution in [0.25, 0.3) is 0 Å². The van der Waals surface area contributed by atoms with Gasteiger partial charge in [0.25, 0.3) is 5.91 Å². The third kappa shape index (κ3) is 3.94. The van der Waals surface area contributed by atoms with E-state index in [1.165, 1.54) is 0 Å². The Morgan fingerprint density at radius 2 is 2.04 bits per heavy atom. The smallest absolute Gasteiger partial charge is 0.257 e. The summed E-state index contributed by atoms with van der Waals surface area (Å²) < 4.78 is 1.66. The van der Waals surface area contributed by atoms with Crippen molar-refractivity contribution in [1.82, 2.24) is 19.7 Å². The maximum absolute atomic E-state index is 13.0. The molecule has 1 fully saturated rings. The Bertz CT molecular complexity index is 967. The van der Waals surface area contributed by atoms with E-state index in [-0.39, 0.29) is 11.9 Å². The number of hydrogen-bond donors (Lipinski definition) is 0. The van der Waals surface area contributed by atoms with E-state index < -0.39 is 0 Å². The number of pyridine rings is 1. The zero-order chi connectivity index (χ0) is 19.5. The van der Waals surface area contributed by atoms with Gasteiger partial charge in [-0.25, -0.2) is 0 Å². The Hall–Kier alpha value is -2.66. The highest BCUT2D eigenvalue weighted by Crippen LogP contribution is 2.32. The van der Waals surface area contributed by atoms with Crippen LogP contribution < -0.4 is 0 Å². The lowest BCUT2D eigenvalue weighted by atomic mass is 9.95. The van der Waals surface area contributed by atoms with Crippen molar-refractivity contribution >= 4 is 17.5 Å². The highest BCUT2D eigenvalue weighted by molar-refractivity contribution is 6.31. The number of aryl methyl sites for hydroxylation is 1. The number of nitrogens with zero attached hydrogens (tertiary/aromatic N) is 4. The Morgan fingerprint density at radius 3 is 2.75 bits per heavy atom. The highest BCUT2D eigenvalue weighted by Gasteiger charge is 2.29. The van der Waals surface area contributed by atoms with E-state index in [0.29, 0.717) is 12.0 Å². The summed E-state index contributed by atoms with van der Waals surface area (Å²) in [5.41, 5.74) is 3.76. The van der Waals surface area contributed by atoms with Crippen molar-refractivity contribution in [3.05, 3.63) is 82.4 Å². The van der Waals surface area contributed by atoms with Crippen molar-refractivity contribution in [2.24, 2.45) is 7.05 Å². The fourth-order valence-corrected chi connectivity index (χ4v) is 4.00. The monoisotopic (exact) mass is 394 g/mol. The first-order chi connectivity index (χ1) is 13.6. The fourth-order valence-electron chi connectivity index (χ4n) is 3.79. The minimum atomic E-state index is 0.0398. The lowest BCUT2D eigenvalue weighted by Gasteiger charge is -2.35. The maximum Gasteiger partial charge on any atom is 0.257 e. The number of aromatic nitrogens is 3. The van der Waals surface area contributed by atoms with Gasteiger partial charge in [0.1, 0.15) is 0 Å². The number of carbonyl (C=O) groups is 1. The van der Waals surface area contributed by atoms with Crippen LogP contribution in [0.15, 0.2) is 55.0 Å². The van der Waals surface area contributed by atoms with Gasteiger partial charge >= 0.3 is 0 Å². The van der Waals surface area contributed by atoms with E-state index in [1.54, 1.807) is 17.1 Å². The van der Waals surface area contributed by atoms with Gasteiger partial charge in [-0.05, 0) is 42.5 Å². The molecule has 3 heterocycles. The molecular formula is C22H23ClN4O. The van der Waals surface area contributed by atoms with Gasteiger partial charge in [-0.15, -0.1) is 0 Å². The molecule has 0 aliphatic carbocycles. The van der Waals surface area contributed by atoms with Crippen molar-refractivity contribution < 1.29 is 4.79 Å². The number of carbonyl (C=O) groups excluding carboxylic acids is 1. The van der Waals surface area contributed by atoms with E-state index >= 15 is 0 Å². The van der Waals surface area contributed by atoms with Crippen LogP contribution in [0.3, 0.4) is 0 Å². The average molecular weight is 395 g/mol. The number of hydrogen-bond acceptors (Lipinski definition) is 3. The Kier molecular flexibility index (Phi) is 5.44. The van der Waals surface area contributed by atoms with E-state index in [2.05, 4.69) is 16.1 Å². The molecule has 0 saturated carbocycles. The lowest BCUT2D eigenvalue weighted by Crippen LogP contribution is -2.38. The first-order valence-electron chi connectivity index (χ1n) is 9.59. The summed E-state index contributed by atoms with van der Waals surface area (Å²) in [6.07, 6.45) is 9.12. The molecular weight excluding hydrogens is 372 g/mol. The Morgan fingerprint density at radius 1 is 1.18 bits per heavy atom. The van der Waals surface area contributed by atoms with Crippen LogP contribution in [0.5, 0.6) is 0 Å². The number of piperidine rings is 1. The highest BCUT2D eigenvalue weighted by atomic mass is 35.5. The minimum Gasteiger partial charge on any atom is -0.331 e. The Labute approximate surface area is 170 Å². The van der Waals surface area contributed by atoms with E-state index in [0.717, 1.165) is 47.7 Å². The molecule has 28 heavy (non-hydrogen) atoms. The van der Waals surface area contributed by atoms with E-state index in [1.807, 2.05) is 48.5 Å². The van der Waals surface area contributed by atoms with Gasteiger partial charge in [0.15, 0.2) is 0 Å². The third-order valence-corrected chi connectivity index (χ3v) is 5.65. The molecule has 1 atom stereocenters. The van der Waals surface area contributed by atoms with Crippen molar-refractivity contribution in [3.63, 3.8) is 0 Å². The fraction of sp³-hybridized carbons (Fsp3) is 0.318. The van der Waals surface area contributed by atoms with Crippen LogP contribution in [-0.4, -0.2) is 32.1 Å². The maximum atomic E-state index is 13.0. The molecule has 5 nitrogen and oxygen atoms in total. The molecule has 1 aliphatic heterocycles. The first-order valence-corrected chi connectivity index (χ1v) is 9.97. The van der Waals surface area contributed by atoms with Crippen molar-refractivity contribution in [2.75, 3.05) is 6.54 Å². The van der Waals surface area contributed by atoms with Gasteiger partial charge < -0.3 is 4.90 Å². The summed E-state index contributed by atoms with van der Waals surface area (Å²) in [5.74, 6) is 0.0398. The van der Waals surface area contributed by atoms with Crippen LogP contribution in [0.4, 0.5) is 0 Å². The van der Waals surface area contributed by atoms with Gasteiger partial charge in [-0.2, -0.15) is 5.10 Å². The third-order valence-electron chi connectivity index (χ3n) is 5.28. The van der Waals surface area contributed by atoms with Gasteiger partial charge in [0.2, 0.25) is 0 Å². The zero-order valence-electron chi connectivity index (χ0n) is 15.9. The second kappa shape index (κ2) is 8.15. The number of amides is 1. The number of likely N-dealkylation sites (tertiary alicyclic amines) is 1. The quantitative estimate of drug-likeness (QED) is 0.657. The molecule has 1 aromatic carbocycles. The van der Waals surface area contributed by atoms with Crippen LogP contribution in [0.2, 0.25) is 5.02 Å². The van der Waals surface area contributed by atoms with Crippen molar-refractivity contribution in [3.8, 4) is 0 Å². The molecule has 144 valence electrons. The predicted octanol–water partition coefficient (Wildman–Crippen LogP) is 4.43. The number of halogens is 1. The van der Waals surface area contributed by atoms with E-state index in [4.69, 9.17) is 11.6 Å². The topological polar surface area (TPSA) is 51.0 Å². The number of benzene rings is 1. The molecule has 0 bridgehead atoms. The summed E-state index contributed by atoms with van der Waals surface area (Å²) in [4.78, 5) is 19.6. The van der Waals surface area contributed by atoms with Crippen molar-refractivity contribution in [2.45, 2.75) is 31.7 Å². The standard InChI is InChI=1S/C22H23ClN4O/c1-26-15-18(14-25-26)22(28)27-11-5-4-8-21(27)17-9-10-19(24-13-17)12-16-6-2-3-7-20(16)23/h2-3,6-7,9-10,13-15,21H,4-5,8,11-12H2,1H3. The summed E-state index contributed by atoms with van der Waals surface area (Å²) in [6, 6.07) is 12.0. The molecule has 0 radical (unpaired) electrons. The molecule has 0 spiro atoms. The normalized spacial score (nSPS) is 16.9. The average Bonchev–Trinajstić information content (AvgIpc) is 3.16. The van der Waals surface area contributed by atoms with Gasteiger partial charge in [-0.3, -0.25) is 14.5 Å². The lowest BCUT2D eigenvalue weighted by molar-refractivity contribution is 0.0611. The molecule has 0 N–H and O–H groups in total.